The first kappa shape index (κ1) is 38.2. The van der Waals surface area contributed by atoms with Crippen LogP contribution in [0.25, 0.3) is 99.8 Å². The van der Waals surface area contributed by atoms with E-state index in [1.807, 2.05) is 155 Å². The van der Waals surface area contributed by atoms with Crippen molar-refractivity contribution in [1.82, 2.24) is 14.1 Å². The van der Waals surface area contributed by atoms with Gasteiger partial charge in [-0.1, -0.05) is 109 Å². The van der Waals surface area contributed by atoms with E-state index in [2.05, 4.69) is 24.3 Å². The predicted octanol–water partition coefficient (Wildman–Crippen LogP) is 14.7. The first-order valence-corrected chi connectivity index (χ1v) is 20.6. The van der Waals surface area contributed by atoms with Gasteiger partial charge in [-0.05, 0) is 107 Å². The van der Waals surface area contributed by atoms with Crippen LogP contribution < -0.4 is 0 Å². The monoisotopic (exact) mass is 831 g/mol. The lowest BCUT2D eigenvalue weighted by Crippen LogP contribution is -2.11. The highest BCUT2D eigenvalue weighted by molar-refractivity contribution is 6.13. The summed E-state index contributed by atoms with van der Waals surface area (Å²) in [7, 11) is 0. The second kappa shape index (κ2) is 15.0. The van der Waals surface area contributed by atoms with Gasteiger partial charge in [0.1, 0.15) is 0 Å². The van der Waals surface area contributed by atoms with E-state index in [0.717, 1.165) is 71.4 Å². The summed E-state index contributed by atoms with van der Waals surface area (Å²) in [5.41, 5.74) is 10.1. The SMILES string of the molecule is N#Cc1ccc(-c2ccc3c(c2)c2ccccc2n3-c2cc(C(F)(F)F)cc(-n3c4ccccc4c4cc(-c5ccc(C#N)cc5)ccc43)c2-c2cccc(-c3ccccc3)n2)cc1. The van der Waals surface area contributed by atoms with Crippen molar-refractivity contribution in [3.63, 3.8) is 0 Å². The van der Waals surface area contributed by atoms with Gasteiger partial charge in [0, 0.05) is 32.7 Å². The first-order valence-electron chi connectivity index (χ1n) is 20.6. The molecule has 11 rings (SSSR count). The maximum absolute atomic E-state index is 15.6. The van der Waals surface area contributed by atoms with Crippen LogP contribution in [0.5, 0.6) is 0 Å². The van der Waals surface area contributed by atoms with Gasteiger partial charge in [0.15, 0.2) is 0 Å². The van der Waals surface area contributed by atoms with Crippen LogP contribution >= 0.6 is 0 Å². The minimum Gasteiger partial charge on any atom is -0.308 e. The van der Waals surface area contributed by atoms with Crippen LogP contribution in [-0.4, -0.2) is 14.1 Å². The molecular formula is C56H32F3N5. The molecule has 0 aliphatic carbocycles. The highest BCUT2D eigenvalue weighted by atomic mass is 19.4. The Morgan fingerprint density at radius 1 is 0.391 bits per heavy atom. The zero-order valence-corrected chi connectivity index (χ0v) is 33.8. The zero-order chi connectivity index (χ0) is 43.5. The lowest BCUT2D eigenvalue weighted by molar-refractivity contribution is -0.137. The minimum absolute atomic E-state index is 0.319. The van der Waals surface area contributed by atoms with Crippen LogP contribution in [0.3, 0.4) is 0 Å². The number of para-hydroxylation sites is 2. The maximum atomic E-state index is 15.6. The number of hydrogen-bond donors (Lipinski definition) is 0. The number of benzene rings is 8. The van der Waals surface area contributed by atoms with Gasteiger partial charge in [0.2, 0.25) is 0 Å². The number of fused-ring (bicyclic) bond motifs is 6. The van der Waals surface area contributed by atoms with E-state index < -0.39 is 11.7 Å². The topological polar surface area (TPSA) is 70.3 Å². The molecule has 0 N–H and O–H groups in total. The number of pyridine rings is 1. The molecule has 302 valence electrons. The smallest absolute Gasteiger partial charge is 0.308 e. The summed E-state index contributed by atoms with van der Waals surface area (Å²) in [6, 6.07) is 64.6. The summed E-state index contributed by atoms with van der Waals surface area (Å²) >= 11 is 0. The average Bonchev–Trinajstić information content (AvgIpc) is 3.85. The molecule has 0 amide bonds. The quantitative estimate of drug-likeness (QED) is 0.168. The van der Waals surface area contributed by atoms with E-state index in [-0.39, 0.29) is 0 Å². The standard InChI is InChI=1S/C56H32F3N5/c57-56(58,59)42-31-53(63-49-15-6-4-11-43(49)45-29-40(25-27-51(45)63)37-21-17-35(33-60)18-22-37)55(48-14-8-13-47(62-48)39-9-2-1-3-10-39)54(32-42)64-50-16-7-5-12-44(50)46-30-41(26-28-52(46)64)38-23-19-36(34-61)20-24-38/h1-32H. The molecule has 0 atom stereocenters. The summed E-state index contributed by atoms with van der Waals surface area (Å²) in [6.07, 6.45) is -4.72. The van der Waals surface area contributed by atoms with E-state index in [0.29, 0.717) is 39.5 Å². The van der Waals surface area contributed by atoms with E-state index >= 15 is 13.2 Å². The van der Waals surface area contributed by atoms with Crippen LogP contribution in [0.1, 0.15) is 16.7 Å². The van der Waals surface area contributed by atoms with E-state index in [9.17, 15) is 10.5 Å². The molecule has 0 saturated carbocycles. The fourth-order valence-electron chi connectivity index (χ4n) is 9.03. The molecule has 0 fully saturated rings. The fraction of sp³-hybridized carbons (Fsp3) is 0.0179. The number of rotatable bonds is 6. The molecule has 0 saturated heterocycles. The third-order valence-corrected chi connectivity index (χ3v) is 12.0. The van der Waals surface area contributed by atoms with E-state index in [1.165, 1.54) is 12.1 Å². The molecule has 0 radical (unpaired) electrons. The Hall–Kier alpha value is -8.72. The van der Waals surface area contributed by atoms with Gasteiger partial charge in [-0.3, -0.25) is 0 Å². The van der Waals surface area contributed by atoms with Gasteiger partial charge in [0.05, 0.1) is 73.7 Å². The summed E-state index contributed by atoms with van der Waals surface area (Å²) in [5.74, 6) is 0. The number of alkyl halides is 3. The third-order valence-electron chi connectivity index (χ3n) is 12.0. The number of hydrogen-bond acceptors (Lipinski definition) is 3. The van der Waals surface area contributed by atoms with Crippen molar-refractivity contribution < 1.29 is 13.2 Å². The van der Waals surface area contributed by atoms with Crippen LogP contribution in [0.15, 0.2) is 194 Å². The maximum Gasteiger partial charge on any atom is 0.416 e. The van der Waals surface area contributed by atoms with Gasteiger partial charge < -0.3 is 9.13 Å². The molecule has 8 heteroatoms. The summed E-state index contributed by atoms with van der Waals surface area (Å²) in [4.78, 5) is 5.25. The van der Waals surface area contributed by atoms with Crippen LogP contribution in [0.4, 0.5) is 13.2 Å². The zero-order valence-electron chi connectivity index (χ0n) is 33.8. The predicted molar refractivity (Wildman–Crippen MR) is 249 cm³/mol. The molecule has 0 aliphatic heterocycles. The second-order valence-electron chi connectivity index (χ2n) is 15.7. The normalized spacial score (nSPS) is 11.6. The van der Waals surface area contributed by atoms with Crippen LogP contribution in [-0.2, 0) is 6.18 Å². The van der Waals surface area contributed by atoms with Gasteiger partial charge in [-0.2, -0.15) is 23.7 Å². The van der Waals surface area contributed by atoms with Crippen LogP contribution in [0, 0.1) is 22.7 Å². The molecule has 0 bridgehead atoms. The van der Waals surface area contributed by atoms with Gasteiger partial charge in [0.25, 0.3) is 0 Å². The number of nitrogens with zero attached hydrogens (tertiary/aromatic N) is 5. The lowest BCUT2D eigenvalue weighted by Gasteiger charge is -2.22. The largest absolute Gasteiger partial charge is 0.416 e. The van der Waals surface area contributed by atoms with Crippen molar-refractivity contribution in [2.45, 2.75) is 6.18 Å². The molecule has 64 heavy (non-hydrogen) atoms. The Morgan fingerprint density at radius 2 is 0.828 bits per heavy atom. The number of nitriles is 2. The molecule has 3 heterocycles. The molecule has 0 unspecified atom stereocenters. The Balaban J connectivity index is 1.25. The van der Waals surface area contributed by atoms with Crippen molar-refractivity contribution in [3.05, 3.63) is 211 Å². The van der Waals surface area contributed by atoms with Crippen molar-refractivity contribution in [2.24, 2.45) is 0 Å². The van der Waals surface area contributed by atoms with Gasteiger partial charge in [-0.15, -0.1) is 0 Å². The summed E-state index contributed by atoms with van der Waals surface area (Å²) < 4.78 is 50.7. The molecule has 5 nitrogen and oxygen atoms in total. The van der Waals surface area contributed by atoms with E-state index in [4.69, 9.17) is 4.98 Å². The van der Waals surface area contributed by atoms with Crippen LogP contribution in [0.2, 0.25) is 0 Å². The molecule has 0 spiro atoms. The van der Waals surface area contributed by atoms with Crippen molar-refractivity contribution >= 4 is 43.6 Å². The fourth-order valence-corrected chi connectivity index (χ4v) is 9.03. The lowest BCUT2D eigenvalue weighted by atomic mass is 9.99. The third kappa shape index (κ3) is 6.36. The number of halogens is 3. The summed E-state index contributed by atoms with van der Waals surface area (Å²) in [6.45, 7) is 0. The molecule has 3 aromatic heterocycles. The van der Waals surface area contributed by atoms with Gasteiger partial charge in [-0.25, -0.2) is 4.98 Å². The Bertz CT molecular complexity index is 3520. The Kier molecular flexibility index (Phi) is 8.97. The Labute approximate surface area is 365 Å². The molecular weight excluding hydrogens is 800 g/mol. The second-order valence-corrected chi connectivity index (χ2v) is 15.7. The highest BCUT2D eigenvalue weighted by Gasteiger charge is 2.34. The van der Waals surface area contributed by atoms with Gasteiger partial charge >= 0.3 is 6.18 Å². The first-order chi connectivity index (χ1) is 31.3. The molecule has 11 aromatic rings. The summed E-state index contributed by atoms with van der Waals surface area (Å²) in [5, 5.41) is 22.3. The van der Waals surface area contributed by atoms with Crippen molar-refractivity contribution in [2.75, 3.05) is 0 Å². The molecule has 8 aromatic carbocycles. The highest BCUT2D eigenvalue weighted by Crippen LogP contribution is 2.46. The van der Waals surface area contributed by atoms with Crippen molar-refractivity contribution in [3.8, 4) is 68.3 Å². The van der Waals surface area contributed by atoms with Crippen molar-refractivity contribution in [1.29, 1.82) is 10.5 Å². The Morgan fingerprint density at radius 3 is 1.31 bits per heavy atom. The van der Waals surface area contributed by atoms with E-state index in [1.54, 1.807) is 24.3 Å². The molecule has 0 aliphatic rings. The average molecular weight is 832 g/mol. The number of aromatic nitrogens is 3. The minimum atomic E-state index is -4.72.